The first kappa shape index (κ1) is 11.8. The van der Waals surface area contributed by atoms with E-state index in [0.29, 0.717) is 11.3 Å². The molecule has 0 amide bonds. The molecule has 0 saturated heterocycles. The first-order valence-electron chi connectivity index (χ1n) is 5.02. The fraction of sp³-hybridized carbons (Fsp3) is 0.273. The zero-order valence-corrected chi connectivity index (χ0v) is 10.0. The number of hydrogen-bond donors (Lipinski definition) is 0. The van der Waals surface area contributed by atoms with Gasteiger partial charge in [-0.05, 0) is 11.4 Å². The number of esters is 1. The molecule has 0 radical (unpaired) electrons. The Morgan fingerprint density at radius 2 is 2.47 bits per heavy atom. The van der Waals surface area contributed by atoms with E-state index in [1.807, 2.05) is 17.5 Å². The molecule has 2 aromatic rings. The first-order valence-corrected chi connectivity index (χ1v) is 5.90. The Morgan fingerprint density at radius 1 is 1.65 bits per heavy atom. The lowest BCUT2D eigenvalue weighted by molar-refractivity contribution is 0.0601. The van der Waals surface area contributed by atoms with Crippen LogP contribution < -0.4 is 0 Å². The molecule has 4 nitrogen and oxygen atoms in total. The third-order valence-electron chi connectivity index (χ3n) is 2.24. The molecule has 90 valence electrons. The fourth-order valence-corrected chi connectivity index (χ4v) is 2.20. The molecule has 0 spiro atoms. The van der Waals surface area contributed by atoms with Crippen molar-refractivity contribution in [1.29, 1.82) is 0 Å². The van der Waals surface area contributed by atoms with Crippen LogP contribution in [0, 0.1) is 0 Å². The highest BCUT2D eigenvalue weighted by Crippen LogP contribution is 2.27. The smallest absolute Gasteiger partial charge is 0.341 e. The Morgan fingerprint density at radius 3 is 3.06 bits per heavy atom. The number of nitrogens with zero attached hydrogens (tertiary/aromatic N) is 2. The lowest BCUT2D eigenvalue weighted by Gasteiger charge is -1.96. The van der Waals surface area contributed by atoms with Gasteiger partial charge in [0.15, 0.2) is 0 Å². The Labute approximate surface area is 102 Å². The van der Waals surface area contributed by atoms with Crippen molar-refractivity contribution in [3.8, 4) is 10.6 Å². The summed E-state index contributed by atoms with van der Waals surface area (Å²) in [5.74, 6) is -0.460. The molecule has 0 fully saturated rings. The Bertz CT molecular complexity index is 508. The van der Waals surface area contributed by atoms with Crippen molar-refractivity contribution in [3.63, 3.8) is 0 Å². The van der Waals surface area contributed by atoms with Gasteiger partial charge in [0.2, 0.25) is 0 Å². The molecule has 0 bridgehead atoms. The summed E-state index contributed by atoms with van der Waals surface area (Å²) in [7, 11) is 1.31. The number of halogens is 1. The molecule has 0 saturated carbocycles. The van der Waals surface area contributed by atoms with Crippen molar-refractivity contribution in [2.75, 3.05) is 13.8 Å². The lowest BCUT2D eigenvalue weighted by Crippen LogP contribution is -2.01. The van der Waals surface area contributed by atoms with Crippen molar-refractivity contribution in [3.05, 3.63) is 29.3 Å². The molecule has 0 unspecified atom stereocenters. The summed E-state index contributed by atoms with van der Waals surface area (Å²) in [5, 5.41) is 6.09. The van der Waals surface area contributed by atoms with Gasteiger partial charge in [-0.2, -0.15) is 5.10 Å². The molecule has 2 heterocycles. The zero-order chi connectivity index (χ0) is 12.3. The second-order valence-corrected chi connectivity index (χ2v) is 4.26. The Balaban J connectivity index is 2.44. The van der Waals surface area contributed by atoms with Crippen LogP contribution in [0.15, 0.2) is 23.7 Å². The predicted molar refractivity (Wildman–Crippen MR) is 62.9 cm³/mol. The number of alkyl halides is 1. The predicted octanol–water partition coefficient (Wildman–Crippen LogP) is 2.37. The summed E-state index contributed by atoms with van der Waals surface area (Å²) in [5.41, 5.74) is 0.906. The summed E-state index contributed by atoms with van der Waals surface area (Å²) in [6.07, 6.45) is 1.51. The van der Waals surface area contributed by atoms with Gasteiger partial charge in [0.25, 0.3) is 0 Å². The molecule has 17 heavy (non-hydrogen) atoms. The average molecular weight is 254 g/mol. The van der Waals surface area contributed by atoms with Crippen LogP contribution in [0.4, 0.5) is 4.39 Å². The molecule has 0 aliphatic heterocycles. The fourth-order valence-electron chi connectivity index (χ4n) is 1.48. The van der Waals surface area contributed by atoms with Crippen LogP contribution in [-0.4, -0.2) is 29.5 Å². The number of aryl methyl sites for hydroxylation is 1. The van der Waals surface area contributed by atoms with Crippen LogP contribution >= 0.6 is 11.3 Å². The van der Waals surface area contributed by atoms with Gasteiger partial charge in [-0.25, -0.2) is 9.18 Å². The molecule has 2 aromatic heterocycles. The third kappa shape index (κ3) is 2.36. The normalized spacial score (nSPS) is 10.5. The molecule has 2 rings (SSSR count). The largest absolute Gasteiger partial charge is 0.465 e. The van der Waals surface area contributed by atoms with Gasteiger partial charge in [0.05, 0.1) is 18.5 Å². The third-order valence-corrected chi connectivity index (χ3v) is 3.11. The molecule has 0 aliphatic rings. The first-order chi connectivity index (χ1) is 8.26. The quantitative estimate of drug-likeness (QED) is 0.787. The van der Waals surface area contributed by atoms with Gasteiger partial charge in [0, 0.05) is 6.20 Å². The van der Waals surface area contributed by atoms with E-state index in [0.717, 1.165) is 4.88 Å². The highest BCUT2D eigenvalue weighted by molar-refractivity contribution is 7.13. The van der Waals surface area contributed by atoms with Crippen LogP contribution in [0.3, 0.4) is 0 Å². The van der Waals surface area contributed by atoms with E-state index in [1.54, 1.807) is 0 Å². The number of ether oxygens (including phenoxy) is 1. The van der Waals surface area contributed by atoms with Crippen LogP contribution in [0.1, 0.15) is 10.4 Å². The molecule has 0 aliphatic carbocycles. The van der Waals surface area contributed by atoms with Crippen molar-refractivity contribution >= 4 is 17.3 Å². The van der Waals surface area contributed by atoms with Gasteiger partial charge in [-0.1, -0.05) is 6.07 Å². The van der Waals surface area contributed by atoms with Crippen molar-refractivity contribution in [2.24, 2.45) is 0 Å². The second kappa shape index (κ2) is 5.09. The van der Waals surface area contributed by atoms with Gasteiger partial charge in [-0.15, -0.1) is 11.3 Å². The number of thiophene rings is 1. The van der Waals surface area contributed by atoms with Gasteiger partial charge in [0.1, 0.15) is 17.9 Å². The Kier molecular flexibility index (Phi) is 3.53. The maximum Gasteiger partial charge on any atom is 0.341 e. The van der Waals surface area contributed by atoms with Crippen molar-refractivity contribution < 1.29 is 13.9 Å². The zero-order valence-electron chi connectivity index (χ0n) is 9.22. The van der Waals surface area contributed by atoms with Crippen LogP contribution in [0.5, 0.6) is 0 Å². The summed E-state index contributed by atoms with van der Waals surface area (Å²) in [4.78, 5) is 12.4. The number of hydrogen-bond acceptors (Lipinski definition) is 4. The van der Waals surface area contributed by atoms with Crippen LogP contribution in [-0.2, 0) is 11.3 Å². The monoisotopic (exact) mass is 254 g/mol. The van der Waals surface area contributed by atoms with Gasteiger partial charge >= 0.3 is 5.97 Å². The number of carbonyl (C=O) groups excluding carboxylic acids is 1. The topological polar surface area (TPSA) is 44.1 Å². The summed E-state index contributed by atoms with van der Waals surface area (Å²) >= 11 is 1.47. The molecular formula is C11H11FN2O2S. The number of methoxy groups -OCH3 is 1. The molecular weight excluding hydrogens is 243 g/mol. The Hall–Kier alpha value is -1.69. The lowest BCUT2D eigenvalue weighted by atomic mass is 10.2. The summed E-state index contributed by atoms with van der Waals surface area (Å²) in [6.45, 7) is -0.387. The van der Waals surface area contributed by atoms with Gasteiger partial charge in [-0.3, -0.25) is 4.68 Å². The SMILES string of the molecule is COC(=O)c1cn(CCF)nc1-c1cccs1. The van der Waals surface area contributed by atoms with E-state index >= 15 is 0 Å². The van der Waals surface area contributed by atoms with Crippen LogP contribution in [0.2, 0.25) is 0 Å². The second-order valence-electron chi connectivity index (χ2n) is 3.31. The number of rotatable bonds is 4. The average Bonchev–Trinajstić information content (AvgIpc) is 2.96. The van der Waals surface area contributed by atoms with Crippen molar-refractivity contribution in [1.82, 2.24) is 9.78 Å². The van der Waals surface area contributed by atoms with E-state index in [4.69, 9.17) is 0 Å². The minimum Gasteiger partial charge on any atom is -0.465 e. The van der Waals surface area contributed by atoms with Crippen molar-refractivity contribution in [2.45, 2.75) is 6.54 Å². The molecule has 0 N–H and O–H groups in total. The minimum atomic E-state index is -0.522. The molecule has 0 atom stereocenters. The highest BCUT2D eigenvalue weighted by Gasteiger charge is 2.18. The number of aromatic nitrogens is 2. The minimum absolute atomic E-state index is 0.134. The maximum absolute atomic E-state index is 12.3. The highest BCUT2D eigenvalue weighted by atomic mass is 32.1. The van der Waals surface area contributed by atoms with Gasteiger partial charge < -0.3 is 4.74 Å². The molecule has 6 heteroatoms. The maximum atomic E-state index is 12.3. The number of carbonyl (C=O) groups is 1. The van der Waals surface area contributed by atoms with Crippen LogP contribution in [0.25, 0.3) is 10.6 Å². The van der Waals surface area contributed by atoms with E-state index in [1.165, 1.54) is 29.3 Å². The van der Waals surface area contributed by atoms with E-state index in [9.17, 15) is 9.18 Å². The van der Waals surface area contributed by atoms with E-state index < -0.39 is 12.6 Å². The van der Waals surface area contributed by atoms with E-state index in [2.05, 4.69) is 9.84 Å². The molecule has 0 aromatic carbocycles. The summed E-state index contributed by atoms with van der Waals surface area (Å²) < 4.78 is 18.4. The standard InChI is InChI=1S/C11H11FN2O2S/c1-16-11(15)8-7-14(5-4-12)13-10(8)9-3-2-6-17-9/h2-3,6-7H,4-5H2,1H3. The van der Waals surface area contributed by atoms with E-state index in [-0.39, 0.29) is 6.54 Å². The summed E-state index contributed by atoms with van der Waals surface area (Å²) in [6, 6.07) is 3.73.